The van der Waals surface area contributed by atoms with E-state index in [2.05, 4.69) is 21.0 Å². The largest absolute Gasteiger partial charge is 0.267 e. The van der Waals surface area contributed by atoms with E-state index in [9.17, 15) is 13.2 Å². The number of hydrogen-bond donors (Lipinski definition) is 0. The lowest BCUT2D eigenvalue weighted by molar-refractivity contribution is 0.0629. The lowest BCUT2D eigenvalue weighted by Crippen LogP contribution is -2.13. The lowest BCUT2D eigenvalue weighted by Gasteiger charge is -2.06. The minimum atomic E-state index is -2.57. The quantitative estimate of drug-likeness (QED) is 0.764. The van der Waals surface area contributed by atoms with Gasteiger partial charge in [0.15, 0.2) is 0 Å². The fraction of sp³-hybridized carbons (Fsp3) is 0.357. The van der Waals surface area contributed by atoms with Crippen molar-refractivity contribution in [2.24, 2.45) is 5.41 Å². The summed E-state index contributed by atoms with van der Waals surface area (Å²) in [6, 6.07) is 6.00. The van der Waals surface area contributed by atoms with Crippen LogP contribution in [-0.4, -0.2) is 15.7 Å². The molecule has 1 saturated carbocycles. The maximum Gasteiger partial charge on any atom is 0.256 e. The van der Waals surface area contributed by atoms with Crippen molar-refractivity contribution >= 4 is 15.9 Å². The molecule has 1 aromatic carbocycles. The highest BCUT2D eigenvalue weighted by atomic mass is 79.9. The van der Waals surface area contributed by atoms with Gasteiger partial charge in [-0.2, -0.15) is 5.10 Å². The highest BCUT2D eigenvalue weighted by Crippen LogP contribution is 2.65. The summed E-state index contributed by atoms with van der Waals surface area (Å²) in [5.74, 6) is -2.88. The lowest BCUT2D eigenvalue weighted by atomic mass is 10.0. The summed E-state index contributed by atoms with van der Waals surface area (Å²) in [7, 11) is 0. The van der Waals surface area contributed by atoms with Gasteiger partial charge in [-0.1, -0.05) is 0 Å². The Hall–Kier alpha value is -1.30. The topological polar surface area (TPSA) is 17.8 Å². The number of halogens is 4. The summed E-state index contributed by atoms with van der Waals surface area (Å²) >= 11 is 3.45. The van der Waals surface area contributed by atoms with E-state index in [-0.39, 0.29) is 18.8 Å². The van der Waals surface area contributed by atoms with E-state index in [4.69, 9.17) is 0 Å². The number of hydrogen-bond acceptors (Lipinski definition) is 1. The van der Waals surface area contributed by atoms with Crippen molar-refractivity contribution in [1.29, 1.82) is 0 Å². The molecular formula is C14H10BrF3N2. The zero-order valence-corrected chi connectivity index (χ0v) is 11.9. The molecule has 2 aliphatic rings. The van der Waals surface area contributed by atoms with E-state index in [1.54, 1.807) is 16.8 Å². The number of benzene rings is 1. The maximum absolute atomic E-state index is 13.4. The molecule has 104 valence electrons. The van der Waals surface area contributed by atoms with Gasteiger partial charge in [0.05, 0.1) is 22.1 Å². The molecule has 1 atom stereocenters. The first-order valence-corrected chi connectivity index (χ1v) is 7.10. The average molecular weight is 343 g/mol. The Morgan fingerprint density at radius 1 is 1.20 bits per heavy atom. The molecule has 1 aromatic heterocycles. The Morgan fingerprint density at radius 2 is 1.85 bits per heavy atom. The van der Waals surface area contributed by atoms with Gasteiger partial charge in [0.2, 0.25) is 0 Å². The molecule has 2 heterocycles. The van der Waals surface area contributed by atoms with Crippen molar-refractivity contribution in [1.82, 2.24) is 9.78 Å². The molecule has 1 spiro atoms. The molecule has 0 N–H and O–H groups in total. The number of nitrogens with zero attached hydrogens (tertiary/aromatic N) is 2. The second-order valence-electron chi connectivity index (χ2n) is 5.61. The van der Waals surface area contributed by atoms with Crippen LogP contribution in [0.3, 0.4) is 0 Å². The van der Waals surface area contributed by atoms with Crippen LogP contribution in [0.15, 0.2) is 28.7 Å². The van der Waals surface area contributed by atoms with Gasteiger partial charge in [-0.3, -0.25) is 4.68 Å². The predicted octanol–water partition coefficient (Wildman–Crippen LogP) is 4.03. The molecule has 0 amide bonds. The van der Waals surface area contributed by atoms with Gasteiger partial charge < -0.3 is 0 Å². The Kier molecular flexibility index (Phi) is 2.28. The third kappa shape index (κ3) is 1.54. The summed E-state index contributed by atoms with van der Waals surface area (Å²) < 4.78 is 42.2. The molecule has 1 fully saturated rings. The summed E-state index contributed by atoms with van der Waals surface area (Å²) in [6.07, 6.45) is 0.288. The van der Waals surface area contributed by atoms with Crippen LogP contribution in [0.1, 0.15) is 12.1 Å². The van der Waals surface area contributed by atoms with Crippen molar-refractivity contribution < 1.29 is 13.2 Å². The Bertz CT molecular complexity index is 708. The highest BCUT2D eigenvalue weighted by Gasteiger charge is 2.73. The number of alkyl halides is 2. The van der Waals surface area contributed by atoms with Crippen molar-refractivity contribution in [2.45, 2.75) is 25.3 Å². The molecule has 1 aliphatic heterocycles. The van der Waals surface area contributed by atoms with Gasteiger partial charge in [0.1, 0.15) is 11.5 Å². The predicted molar refractivity (Wildman–Crippen MR) is 71.0 cm³/mol. The zero-order chi connectivity index (χ0) is 14.1. The Labute approximate surface area is 121 Å². The molecule has 1 unspecified atom stereocenters. The highest BCUT2D eigenvalue weighted by molar-refractivity contribution is 9.10. The number of aromatic nitrogens is 2. The van der Waals surface area contributed by atoms with E-state index in [0.717, 1.165) is 15.7 Å². The fourth-order valence-corrected chi connectivity index (χ4v) is 3.63. The molecule has 6 heteroatoms. The van der Waals surface area contributed by atoms with Gasteiger partial charge in [-0.25, -0.2) is 13.2 Å². The fourth-order valence-electron chi connectivity index (χ4n) is 2.97. The van der Waals surface area contributed by atoms with Crippen molar-refractivity contribution in [2.75, 3.05) is 0 Å². The Balaban J connectivity index is 1.72. The van der Waals surface area contributed by atoms with Gasteiger partial charge in [-0.05, 0) is 40.2 Å². The molecule has 2 aromatic rings. The summed E-state index contributed by atoms with van der Waals surface area (Å²) in [6.45, 7) is 0.259. The van der Waals surface area contributed by atoms with Crippen LogP contribution in [0.2, 0.25) is 0 Å². The van der Waals surface area contributed by atoms with Gasteiger partial charge in [0.25, 0.3) is 5.92 Å². The SMILES string of the molecule is Fc1ccc(-c2nn3c(c2Br)CC2(C3)CC2(F)F)cc1. The van der Waals surface area contributed by atoms with E-state index in [0.29, 0.717) is 12.1 Å². The molecule has 1 aliphatic carbocycles. The molecule has 20 heavy (non-hydrogen) atoms. The van der Waals surface area contributed by atoms with Crippen LogP contribution < -0.4 is 0 Å². The van der Waals surface area contributed by atoms with Crippen LogP contribution in [0.4, 0.5) is 13.2 Å². The average Bonchev–Trinajstić information content (AvgIpc) is 2.69. The van der Waals surface area contributed by atoms with Crippen molar-refractivity contribution in [3.05, 3.63) is 40.2 Å². The molecular weight excluding hydrogens is 333 g/mol. The third-order valence-corrected chi connectivity index (χ3v) is 5.11. The minimum Gasteiger partial charge on any atom is -0.267 e. The smallest absolute Gasteiger partial charge is 0.256 e. The maximum atomic E-state index is 13.4. The van der Waals surface area contributed by atoms with Crippen LogP contribution >= 0.6 is 15.9 Å². The summed E-state index contributed by atoms with van der Waals surface area (Å²) in [5, 5.41) is 4.41. The molecule has 2 nitrogen and oxygen atoms in total. The zero-order valence-electron chi connectivity index (χ0n) is 10.3. The van der Waals surface area contributed by atoms with Crippen LogP contribution in [-0.2, 0) is 13.0 Å². The van der Waals surface area contributed by atoms with E-state index < -0.39 is 11.3 Å². The summed E-state index contributed by atoms with van der Waals surface area (Å²) in [4.78, 5) is 0. The molecule has 0 bridgehead atoms. The first kappa shape index (κ1) is 12.4. The molecule has 0 radical (unpaired) electrons. The number of fused-ring (bicyclic) bond motifs is 1. The van der Waals surface area contributed by atoms with Crippen LogP contribution in [0, 0.1) is 11.2 Å². The van der Waals surface area contributed by atoms with E-state index >= 15 is 0 Å². The minimum absolute atomic E-state index is 0.0539. The first-order chi connectivity index (χ1) is 9.42. The van der Waals surface area contributed by atoms with Gasteiger partial charge in [0, 0.05) is 18.4 Å². The van der Waals surface area contributed by atoms with Crippen LogP contribution in [0.5, 0.6) is 0 Å². The number of rotatable bonds is 1. The normalized spacial score (nSPS) is 26.0. The monoisotopic (exact) mass is 342 g/mol. The van der Waals surface area contributed by atoms with Crippen molar-refractivity contribution in [3.63, 3.8) is 0 Å². The van der Waals surface area contributed by atoms with Gasteiger partial charge >= 0.3 is 0 Å². The van der Waals surface area contributed by atoms with E-state index in [1.165, 1.54) is 12.1 Å². The molecule has 4 rings (SSSR count). The van der Waals surface area contributed by atoms with Crippen LogP contribution in [0.25, 0.3) is 11.3 Å². The summed E-state index contributed by atoms with van der Waals surface area (Å²) in [5.41, 5.74) is 1.34. The molecule has 0 saturated heterocycles. The Morgan fingerprint density at radius 3 is 2.40 bits per heavy atom. The second-order valence-corrected chi connectivity index (χ2v) is 6.41. The van der Waals surface area contributed by atoms with Crippen molar-refractivity contribution in [3.8, 4) is 11.3 Å². The third-order valence-electron chi connectivity index (χ3n) is 4.28. The standard InChI is InChI=1S/C14H10BrF3N2/c15-11-10-5-13(6-14(13,17)18)7-20(10)19-12(11)8-1-3-9(16)4-2-8/h1-4H,5-7H2. The van der Waals surface area contributed by atoms with E-state index in [1.807, 2.05) is 0 Å². The second kappa shape index (κ2) is 3.67. The first-order valence-electron chi connectivity index (χ1n) is 6.31. The van der Waals surface area contributed by atoms with Gasteiger partial charge in [-0.15, -0.1) is 0 Å².